The van der Waals surface area contributed by atoms with Crippen LogP contribution in [0.15, 0.2) is 24.3 Å². The van der Waals surface area contributed by atoms with Gasteiger partial charge in [0.1, 0.15) is 0 Å². The van der Waals surface area contributed by atoms with Crippen molar-refractivity contribution >= 4 is 17.5 Å². The molecule has 1 saturated heterocycles. The Kier molecular flexibility index (Phi) is 5.62. The largest absolute Gasteiger partial charge is 0.373 e. The van der Waals surface area contributed by atoms with Gasteiger partial charge >= 0.3 is 0 Å². The van der Waals surface area contributed by atoms with Gasteiger partial charge in [0.15, 0.2) is 0 Å². The molecule has 1 fully saturated rings. The van der Waals surface area contributed by atoms with Crippen LogP contribution in [0, 0.1) is 0 Å². The number of carbonyl (C=O) groups excluding carboxylic acids is 1. The number of nitrogens with one attached hydrogen (secondary N) is 1. The summed E-state index contributed by atoms with van der Waals surface area (Å²) in [4.78, 5) is 14.3. The molecule has 0 aliphatic carbocycles. The van der Waals surface area contributed by atoms with Crippen molar-refractivity contribution in [2.24, 2.45) is 0 Å². The van der Waals surface area contributed by atoms with E-state index in [9.17, 15) is 4.79 Å². The summed E-state index contributed by atoms with van der Waals surface area (Å²) in [7, 11) is 0. The second-order valence-electron chi connectivity index (χ2n) is 5.79. The number of carbonyl (C=O) groups is 1. The minimum Gasteiger partial charge on any atom is -0.373 e. The zero-order valence-corrected chi connectivity index (χ0v) is 13.6. The molecule has 3 atom stereocenters. The number of morpholine rings is 1. The Balaban J connectivity index is 1.85. The summed E-state index contributed by atoms with van der Waals surface area (Å²) in [5.74, 6) is 0.0405. The first-order chi connectivity index (χ1) is 9.94. The molecule has 1 amide bonds. The number of hydrogen-bond acceptors (Lipinski definition) is 3. The van der Waals surface area contributed by atoms with E-state index in [-0.39, 0.29) is 24.2 Å². The number of rotatable bonds is 4. The Bertz CT molecular complexity index is 468. The number of ether oxygens (including phenoxy) is 1. The van der Waals surface area contributed by atoms with Gasteiger partial charge in [0, 0.05) is 18.1 Å². The van der Waals surface area contributed by atoms with Gasteiger partial charge in [0.2, 0.25) is 5.91 Å². The van der Waals surface area contributed by atoms with E-state index < -0.39 is 0 Å². The summed E-state index contributed by atoms with van der Waals surface area (Å²) < 4.78 is 5.67. The lowest BCUT2D eigenvalue weighted by molar-refractivity contribution is -0.126. The zero-order chi connectivity index (χ0) is 15.4. The van der Waals surface area contributed by atoms with Crippen LogP contribution in [0.1, 0.15) is 32.4 Å². The Labute approximate surface area is 131 Å². The van der Waals surface area contributed by atoms with Crippen molar-refractivity contribution in [1.29, 1.82) is 0 Å². The van der Waals surface area contributed by atoms with Gasteiger partial charge in [-0.25, -0.2) is 0 Å². The van der Waals surface area contributed by atoms with E-state index in [1.807, 2.05) is 45.0 Å². The second kappa shape index (κ2) is 7.25. The molecule has 5 heteroatoms. The summed E-state index contributed by atoms with van der Waals surface area (Å²) >= 11 is 5.87. The summed E-state index contributed by atoms with van der Waals surface area (Å²) in [6.45, 7) is 8.07. The Morgan fingerprint density at radius 3 is 2.48 bits per heavy atom. The quantitative estimate of drug-likeness (QED) is 0.929. The van der Waals surface area contributed by atoms with Crippen LogP contribution in [0.3, 0.4) is 0 Å². The molecule has 1 aliphatic rings. The Morgan fingerprint density at radius 2 is 1.90 bits per heavy atom. The fourth-order valence-electron chi connectivity index (χ4n) is 2.74. The molecule has 1 N–H and O–H groups in total. The van der Waals surface area contributed by atoms with Gasteiger partial charge in [-0.05, 0) is 38.5 Å². The molecule has 21 heavy (non-hydrogen) atoms. The smallest absolute Gasteiger partial charge is 0.234 e. The number of hydrogen-bond donors (Lipinski definition) is 1. The van der Waals surface area contributed by atoms with Crippen molar-refractivity contribution in [1.82, 2.24) is 10.2 Å². The minimum absolute atomic E-state index is 0.0225. The van der Waals surface area contributed by atoms with Crippen LogP contribution >= 0.6 is 11.6 Å². The molecule has 0 bridgehead atoms. The van der Waals surface area contributed by atoms with E-state index in [0.717, 1.165) is 18.7 Å². The summed E-state index contributed by atoms with van der Waals surface area (Å²) in [5, 5.41) is 3.73. The highest BCUT2D eigenvalue weighted by atomic mass is 35.5. The van der Waals surface area contributed by atoms with E-state index in [1.54, 1.807) is 0 Å². The predicted octanol–water partition coefficient (Wildman–Crippen LogP) is 2.63. The van der Waals surface area contributed by atoms with Gasteiger partial charge < -0.3 is 10.1 Å². The molecular weight excluding hydrogens is 288 g/mol. The van der Waals surface area contributed by atoms with Crippen molar-refractivity contribution in [2.75, 3.05) is 19.6 Å². The number of benzene rings is 1. The van der Waals surface area contributed by atoms with Gasteiger partial charge in [-0.3, -0.25) is 9.69 Å². The monoisotopic (exact) mass is 310 g/mol. The lowest BCUT2D eigenvalue weighted by atomic mass is 10.1. The molecule has 0 aromatic heterocycles. The molecule has 0 radical (unpaired) electrons. The molecule has 0 saturated carbocycles. The topological polar surface area (TPSA) is 41.6 Å². The maximum absolute atomic E-state index is 12.2. The van der Waals surface area contributed by atoms with Crippen molar-refractivity contribution in [2.45, 2.75) is 39.0 Å². The average molecular weight is 311 g/mol. The lowest BCUT2D eigenvalue weighted by Gasteiger charge is -2.35. The molecule has 1 aliphatic heterocycles. The van der Waals surface area contributed by atoms with Crippen LogP contribution in [-0.2, 0) is 9.53 Å². The molecular formula is C16H23ClN2O2. The van der Waals surface area contributed by atoms with Crippen LogP contribution < -0.4 is 5.32 Å². The maximum Gasteiger partial charge on any atom is 0.234 e. The molecule has 1 aromatic carbocycles. The van der Waals surface area contributed by atoms with Gasteiger partial charge in [-0.1, -0.05) is 23.7 Å². The molecule has 116 valence electrons. The normalized spacial score (nSPS) is 24.6. The Hall–Kier alpha value is -1.10. The summed E-state index contributed by atoms with van der Waals surface area (Å²) in [6, 6.07) is 7.53. The average Bonchev–Trinajstić information content (AvgIpc) is 2.37. The van der Waals surface area contributed by atoms with Crippen LogP contribution in [0.4, 0.5) is 0 Å². The Morgan fingerprint density at radius 1 is 1.33 bits per heavy atom. The lowest BCUT2D eigenvalue weighted by Crippen LogP contribution is -2.49. The fraction of sp³-hybridized carbons (Fsp3) is 0.562. The highest BCUT2D eigenvalue weighted by molar-refractivity contribution is 6.30. The van der Waals surface area contributed by atoms with Crippen LogP contribution in [-0.4, -0.2) is 42.6 Å². The third-order valence-corrected chi connectivity index (χ3v) is 3.86. The van der Waals surface area contributed by atoms with Crippen LogP contribution in [0.5, 0.6) is 0 Å². The van der Waals surface area contributed by atoms with E-state index in [4.69, 9.17) is 16.3 Å². The van der Waals surface area contributed by atoms with E-state index in [2.05, 4.69) is 10.2 Å². The fourth-order valence-corrected chi connectivity index (χ4v) is 2.86. The van der Waals surface area contributed by atoms with Crippen molar-refractivity contribution < 1.29 is 9.53 Å². The molecule has 0 spiro atoms. The number of amides is 1. The van der Waals surface area contributed by atoms with Crippen molar-refractivity contribution in [3.63, 3.8) is 0 Å². The van der Waals surface area contributed by atoms with Gasteiger partial charge in [0.25, 0.3) is 0 Å². The number of nitrogens with zero attached hydrogens (tertiary/aromatic N) is 1. The number of halogens is 1. The van der Waals surface area contributed by atoms with E-state index in [0.29, 0.717) is 11.6 Å². The first kappa shape index (κ1) is 16.3. The molecule has 4 nitrogen and oxygen atoms in total. The summed E-state index contributed by atoms with van der Waals surface area (Å²) in [6.07, 6.45) is 0.352. The minimum atomic E-state index is -0.0225. The molecule has 1 aromatic rings. The highest BCUT2D eigenvalue weighted by Crippen LogP contribution is 2.16. The molecule has 2 rings (SSSR count). The predicted molar refractivity (Wildman–Crippen MR) is 84.5 cm³/mol. The standard InChI is InChI=1S/C16H23ClN2O2/c1-11-8-19(9-12(2)21-11)10-16(20)18-13(3)14-4-6-15(17)7-5-14/h4-7,11-13H,8-10H2,1-3H3,(H,18,20). The maximum atomic E-state index is 12.2. The first-order valence-electron chi connectivity index (χ1n) is 7.36. The van der Waals surface area contributed by atoms with Gasteiger partial charge in [-0.15, -0.1) is 0 Å². The molecule has 1 heterocycles. The van der Waals surface area contributed by atoms with Gasteiger partial charge in [-0.2, -0.15) is 0 Å². The third-order valence-electron chi connectivity index (χ3n) is 3.61. The van der Waals surface area contributed by atoms with Crippen molar-refractivity contribution in [3.8, 4) is 0 Å². The second-order valence-corrected chi connectivity index (χ2v) is 6.23. The molecule has 3 unspecified atom stereocenters. The van der Waals surface area contributed by atoms with E-state index >= 15 is 0 Å². The van der Waals surface area contributed by atoms with Gasteiger partial charge in [0.05, 0.1) is 24.8 Å². The SMILES string of the molecule is CC1CN(CC(=O)NC(C)c2ccc(Cl)cc2)CC(C)O1. The van der Waals surface area contributed by atoms with Crippen LogP contribution in [0.2, 0.25) is 5.02 Å². The first-order valence-corrected chi connectivity index (χ1v) is 7.74. The zero-order valence-electron chi connectivity index (χ0n) is 12.8. The highest BCUT2D eigenvalue weighted by Gasteiger charge is 2.24. The third kappa shape index (κ3) is 4.99. The van der Waals surface area contributed by atoms with Crippen molar-refractivity contribution in [3.05, 3.63) is 34.9 Å². The van der Waals surface area contributed by atoms with Crippen LogP contribution in [0.25, 0.3) is 0 Å². The summed E-state index contributed by atoms with van der Waals surface area (Å²) in [5.41, 5.74) is 1.05. The van der Waals surface area contributed by atoms with E-state index in [1.165, 1.54) is 0 Å².